The second kappa shape index (κ2) is 5.37. The lowest BCUT2D eigenvalue weighted by Gasteiger charge is -2.21. The highest BCUT2D eigenvalue weighted by molar-refractivity contribution is 7.99. The average Bonchev–Trinajstić information content (AvgIpc) is 2.66. The number of aromatic amines is 1. The van der Waals surface area contributed by atoms with E-state index in [2.05, 4.69) is 20.5 Å². The van der Waals surface area contributed by atoms with Crippen molar-refractivity contribution >= 4 is 17.7 Å². The summed E-state index contributed by atoms with van der Waals surface area (Å²) in [5.41, 5.74) is 5.44. The molecule has 1 saturated heterocycles. The van der Waals surface area contributed by atoms with Gasteiger partial charge < -0.3 is 11.1 Å². The lowest BCUT2D eigenvalue weighted by Crippen LogP contribution is -2.27. The maximum absolute atomic E-state index is 5.44. The van der Waals surface area contributed by atoms with E-state index in [1.54, 1.807) is 11.8 Å². The van der Waals surface area contributed by atoms with E-state index in [0.29, 0.717) is 5.95 Å². The zero-order valence-electron chi connectivity index (χ0n) is 8.70. The van der Waals surface area contributed by atoms with Crippen LogP contribution in [0, 0.1) is 5.92 Å². The van der Waals surface area contributed by atoms with Crippen LogP contribution in [0.3, 0.4) is 0 Å². The highest BCUT2D eigenvalue weighted by Crippen LogP contribution is 2.21. The van der Waals surface area contributed by atoms with Crippen LogP contribution in [0.15, 0.2) is 5.16 Å². The Balaban J connectivity index is 1.65. The molecule has 4 N–H and O–H groups in total. The zero-order valence-corrected chi connectivity index (χ0v) is 9.52. The van der Waals surface area contributed by atoms with Crippen molar-refractivity contribution in [1.29, 1.82) is 0 Å². The summed E-state index contributed by atoms with van der Waals surface area (Å²) in [4.78, 5) is 4.06. The van der Waals surface area contributed by atoms with Crippen molar-refractivity contribution < 1.29 is 0 Å². The van der Waals surface area contributed by atoms with Crippen molar-refractivity contribution in [1.82, 2.24) is 20.5 Å². The maximum atomic E-state index is 5.44. The van der Waals surface area contributed by atoms with Crippen molar-refractivity contribution in [2.75, 3.05) is 24.6 Å². The molecule has 0 bridgehead atoms. The monoisotopic (exact) mass is 227 g/mol. The molecular weight excluding hydrogens is 210 g/mol. The molecule has 0 amide bonds. The van der Waals surface area contributed by atoms with Gasteiger partial charge >= 0.3 is 0 Å². The average molecular weight is 227 g/mol. The molecule has 1 aromatic heterocycles. The van der Waals surface area contributed by atoms with Gasteiger partial charge in [0.25, 0.3) is 0 Å². The normalized spacial score (nSPS) is 18.1. The molecule has 15 heavy (non-hydrogen) atoms. The summed E-state index contributed by atoms with van der Waals surface area (Å²) in [5.74, 6) is 2.36. The number of nitrogens with one attached hydrogen (secondary N) is 2. The Bertz CT molecular complexity index is 294. The van der Waals surface area contributed by atoms with Gasteiger partial charge in [0.2, 0.25) is 11.1 Å². The van der Waals surface area contributed by atoms with Gasteiger partial charge in [0.05, 0.1) is 0 Å². The number of anilines is 1. The molecule has 2 heterocycles. The van der Waals surface area contributed by atoms with Gasteiger partial charge in [0.1, 0.15) is 0 Å². The van der Waals surface area contributed by atoms with E-state index in [0.717, 1.165) is 16.8 Å². The molecule has 0 atom stereocenters. The smallest absolute Gasteiger partial charge is 0.216 e. The number of piperidine rings is 1. The first-order chi connectivity index (χ1) is 7.34. The van der Waals surface area contributed by atoms with Crippen LogP contribution in [0.25, 0.3) is 0 Å². The van der Waals surface area contributed by atoms with E-state index in [1.165, 1.54) is 32.4 Å². The molecule has 0 saturated carbocycles. The Kier molecular flexibility index (Phi) is 3.85. The first-order valence-corrected chi connectivity index (χ1v) is 6.34. The molecule has 1 aliphatic rings. The van der Waals surface area contributed by atoms with Crippen molar-refractivity contribution in [2.45, 2.75) is 24.4 Å². The van der Waals surface area contributed by atoms with Gasteiger partial charge in [-0.3, -0.25) is 0 Å². The SMILES string of the molecule is Nc1nc(SCCC2CCNCC2)n[nH]1. The summed E-state index contributed by atoms with van der Waals surface area (Å²) >= 11 is 1.68. The number of H-pyrrole nitrogens is 1. The molecule has 5 nitrogen and oxygen atoms in total. The summed E-state index contributed by atoms with van der Waals surface area (Å²) in [5, 5.41) is 10.8. The van der Waals surface area contributed by atoms with Crippen LogP contribution in [0.5, 0.6) is 0 Å². The topological polar surface area (TPSA) is 79.6 Å². The molecule has 2 rings (SSSR count). The zero-order chi connectivity index (χ0) is 10.5. The van der Waals surface area contributed by atoms with Crippen LogP contribution in [-0.4, -0.2) is 34.0 Å². The number of aromatic nitrogens is 3. The highest BCUT2D eigenvalue weighted by atomic mass is 32.2. The first kappa shape index (κ1) is 10.8. The quantitative estimate of drug-likeness (QED) is 0.665. The van der Waals surface area contributed by atoms with Crippen molar-refractivity contribution in [3.05, 3.63) is 0 Å². The molecule has 0 unspecified atom stereocenters. The van der Waals surface area contributed by atoms with Crippen LogP contribution < -0.4 is 11.1 Å². The van der Waals surface area contributed by atoms with Crippen molar-refractivity contribution in [3.63, 3.8) is 0 Å². The lowest BCUT2D eigenvalue weighted by atomic mass is 9.96. The van der Waals surface area contributed by atoms with Crippen molar-refractivity contribution in [2.24, 2.45) is 5.92 Å². The fraction of sp³-hybridized carbons (Fsp3) is 0.778. The summed E-state index contributed by atoms with van der Waals surface area (Å²) in [6.07, 6.45) is 3.86. The number of nitrogens with two attached hydrogens (primary N) is 1. The second-order valence-corrected chi connectivity index (χ2v) is 4.90. The second-order valence-electron chi connectivity index (χ2n) is 3.83. The fourth-order valence-corrected chi connectivity index (χ4v) is 2.72. The Labute approximate surface area is 93.6 Å². The van der Waals surface area contributed by atoms with Gasteiger partial charge in [-0.15, -0.1) is 5.10 Å². The van der Waals surface area contributed by atoms with Gasteiger partial charge in [-0.05, 0) is 38.3 Å². The Morgan fingerprint density at radius 3 is 2.87 bits per heavy atom. The van der Waals surface area contributed by atoms with E-state index in [-0.39, 0.29) is 0 Å². The molecule has 1 fully saturated rings. The molecule has 1 aromatic rings. The standard InChI is InChI=1S/C9H17N5S/c10-8-12-9(14-13-8)15-6-3-7-1-4-11-5-2-7/h7,11H,1-6H2,(H3,10,12,13,14). The fourth-order valence-electron chi connectivity index (χ4n) is 1.81. The van der Waals surface area contributed by atoms with Crippen LogP contribution in [-0.2, 0) is 0 Å². The molecule has 0 spiro atoms. The van der Waals surface area contributed by atoms with E-state index in [1.807, 2.05) is 0 Å². The van der Waals surface area contributed by atoms with Crippen molar-refractivity contribution in [3.8, 4) is 0 Å². The van der Waals surface area contributed by atoms with E-state index < -0.39 is 0 Å². The minimum absolute atomic E-state index is 0.402. The molecule has 0 radical (unpaired) electrons. The van der Waals surface area contributed by atoms with E-state index in [4.69, 9.17) is 5.73 Å². The third-order valence-corrected chi connectivity index (χ3v) is 3.58. The first-order valence-electron chi connectivity index (χ1n) is 5.36. The van der Waals surface area contributed by atoms with Crippen LogP contribution in [0.2, 0.25) is 0 Å². The van der Waals surface area contributed by atoms with Crippen LogP contribution in [0.4, 0.5) is 5.95 Å². The molecule has 6 heteroatoms. The third-order valence-electron chi connectivity index (χ3n) is 2.70. The summed E-state index contributed by atoms with van der Waals surface area (Å²) < 4.78 is 0. The summed E-state index contributed by atoms with van der Waals surface area (Å²) in [7, 11) is 0. The third kappa shape index (κ3) is 3.39. The Morgan fingerprint density at radius 2 is 2.20 bits per heavy atom. The predicted molar refractivity (Wildman–Crippen MR) is 61.7 cm³/mol. The molecule has 1 aliphatic heterocycles. The van der Waals surface area contributed by atoms with Gasteiger partial charge in [0.15, 0.2) is 0 Å². The summed E-state index contributed by atoms with van der Waals surface area (Å²) in [6, 6.07) is 0. The van der Waals surface area contributed by atoms with E-state index in [9.17, 15) is 0 Å². The van der Waals surface area contributed by atoms with Gasteiger partial charge in [-0.25, -0.2) is 5.10 Å². The maximum Gasteiger partial charge on any atom is 0.216 e. The summed E-state index contributed by atoms with van der Waals surface area (Å²) in [6.45, 7) is 2.34. The minimum atomic E-state index is 0.402. The lowest BCUT2D eigenvalue weighted by molar-refractivity contribution is 0.367. The van der Waals surface area contributed by atoms with Gasteiger partial charge in [0, 0.05) is 5.75 Å². The predicted octanol–water partition coefficient (Wildman–Crippen LogP) is 0.869. The largest absolute Gasteiger partial charge is 0.368 e. The number of nitrogens with zero attached hydrogens (tertiary/aromatic N) is 2. The molecule has 0 aliphatic carbocycles. The number of thioether (sulfide) groups is 1. The van der Waals surface area contributed by atoms with Crippen LogP contribution >= 0.6 is 11.8 Å². The van der Waals surface area contributed by atoms with E-state index >= 15 is 0 Å². The number of nitrogen functional groups attached to an aromatic ring is 1. The number of hydrogen-bond donors (Lipinski definition) is 3. The minimum Gasteiger partial charge on any atom is -0.368 e. The van der Waals surface area contributed by atoms with Crippen LogP contribution in [0.1, 0.15) is 19.3 Å². The Hall–Kier alpha value is -0.750. The van der Waals surface area contributed by atoms with Gasteiger partial charge in [-0.1, -0.05) is 11.8 Å². The van der Waals surface area contributed by atoms with Gasteiger partial charge in [-0.2, -0.15) is 4.98 Å². The highest BCUT2D eigenvalue weighted by Gasteiger charge is 2.12. The number of hydrogen-bond acceptors (Lipinski definition) is 5. The molecule has 84 valence electrons. The Morgan fingerprint density at radius 1 is 1.40 bits per heavy atom. The number of rotatable bonds is 4. The molecule has 0 aromatic carbocycles. The molecular formula is C9H17N5S.